The Balaban J connectivity index is 2.31. The number of carboxylic acids is 1. The number of halogens is 1. The van der Waals surface area contributed by atoms with E-state index in [0.29, 0.717) is 11.6 Å². The highest BCUT2D eigenvalue weighted by atomic mass is 35.5. The minimum Gasteiger partial charge on any atom is -0.480 e. The SMILES string of the molecule is CCCCc1ncc(C[C@H](NC(=O)CC)C(=O)O)n1Cc1ccccc1Cl. The molecule has 7 heteroatoms. The van der Waals surface area contributed by atoms with Crippen LogP contribution < -0.4 is 5.32 Å². The first kappa shape index (κ1) is 21.0. The second kappa shape index (κ2) is 10.1. The number of aromatic nitrogens is 2. The van der Waals surface area contributed by atoms with Crippen molar-refractivity contribution < 1.29 is 14.7 Å². The molecule has 1 aromatic heterocycles. The van der Waals surface area contributed by atoms with Gasteiger partial charge in [-0.25, -0.2) is 9.78 Å². The van der Waals surface area contributed by atoms with Gasteiger partial charge in [0.05, 0.1) is 6.54 Å². The van der Waals surface area contributed by atoms with Crippen molar-refractivity contribution >= 4 is 23.5 Å². The largest absolute Gasteiger partial charge is 0.480 e. The monoisotopic (exact) mass is 391 g/mol. The van der Waals surface area contributed by atoms with Crippen LogP contribution in [0.5, 0.6) is 0 Å². The van der Waals surface area contributed by atoms with Crippen LogP contribution in [-0.4, -0.2) is 32.6 Å². The molecule has 1 atom stereocenters. The third-order valence-electron chi connectivity index (χ3n) is 4.43. The molecule has 1 amide bonds. The lowest BCUT2D eigenvalue weighted by molar-refractivity contribution is -0.141. The lowest BCUT2D eigenvalue weighted by atomic mass is 10.1. The number of aryl methyl sites for hydroxylation is 1. The minimum atomic E-state index is -1.06. The van der Waals surface area contributed by atoms with Gasteiger partial charge in [0, 0.05) is 36.2 Å². The van der Waals surface area contributed by atoms with Gasteiger partial charge in [-0.3, -0.25) is 4.79 Å². The first-order valence-corrected chi connectivity index (χ1v) is 9.62. The van der Waals surface area contributed by atoms with Crippen LogP contribution in [0, 0.1) is 0 Å². The number of carboxylic acid groups (broad SMARTS) is 1. The molecule has 0 bridgehead atoms. The molecule has 0 aliphatic rings. The van der Waals surface area contributed by atoms with E-state index < -0.39 is 12.0 Å². The molecule has 0 spiro atoms. The molecular weight excluding hydrogens is 366 g/mol. The Morgan fingerprint density at radius 1 is 1.30 bits per heavy atom. The average Bonchev–Trinajstić information content (AvgIpc) is 3.02. The number of hydrogen-bond acceptors (Lipinski definition) is 3. The summed E-state index contributed by atoms with van der Waals surface area (Å²) < 4.78 is 2.02. The summed E-state index contributed by atoms with van der Waals surface area (Å²) in [5.41, 5.74) is 1.71. The summed E-state index contributed by atoms with van der Waals surface area (Å²) in [7, 11) is 0. The van der Waals surface area contributed by atoms with Gasteiger partial charge in [0.1, 0.15) is 11.9 Å². The van der Waals surface area contributed by atoms with Crippen LogP contribution in [0.2, 0.25) is 5.02 Å². The Bertz CT molecular complexity index is 789. The number of aliphatic carboxylic acids is 1. The number of imidazole rings is 1. The molecule has 0 unspecified atom stereocenters. The summed E-state index contributed by atoms with van der Waals surface area (Å²) in [6, 6.07) is 6.59. The summed E-state index contributed by atoms with van der Waals surface area (Å²) in [6.45, 7) is 4.32. The van der Waals surface area contributed by atoms with Crippen LogP contribution in [0.25, 0.3) is 0 Å². The molecule has 146 valence electrons. The lowest BCUT2D eigenvalue weighted by Crippen LogP contribution is -2.42. The van der Waals surface area contributed by atoms with Crippen molar-refractivity contribution in [3.05, 3.63) is 52.6 Å². The van der Waals surface area contributed by atoms with Gasteiger partial charge in [-0.2, -0.15) is 0 Å². The Hall–Kier alpha value is -2.34. The molecule has 0 aliphatic heterocycles. The van der Waals surface area contributed by atoms with Gasteiger partial charge in [0.2, 0.25) is 5.91 Å². The van der Waals surface area contributed by atoms with Gasteiger partial charge >= 0.3 is 5.97 Å². The zero-order valence-electron chi connectivity index (χ0n) is 15.7. The molecule has 0 aliphatic carbocycles. The van der Waals surface area contributed by atoms with Gasteiger partial charge in [0.25, 0.3) is 0 Å². The molecular formula is C20H26ClN3O3. The van der Waals surface area contributed by atoms with Crippen molar-refractivity contribution in [1.29, 1.82) is 0 Å². The van der Waals surface area contributed by atoms with Crippen LogP contribution in [0.15, 0.2) is 30.5 Å². The number of carbonyl (C=O) groups is 2. The molecule has 1 aromatic carbocycles. The number of nitrogens with one attached hydrogen (secondary N) is 1. The summed E-state index contributed by atoms with van der Waals surface area (Å²) in [5.74, 6) is -0.444. The highest BCUT2D eigenvalue weighted by Gasteiger charge is 2.23. The lowest BCUT2D eigenvalue weighted by Gasteiger charge is -2.17. The van der Waals surface area contributed by atoms with Crippen molar-refractivity contribution in [2.75, 3.05) is 0 Å². The minimum absolute atomic E-state index is 0.171. The standard InChI is InChI=1S/C20H26ClN3O3/c1-3-5-10-18-22-12-15(11-17(20(26)27)23-19(25)4-2)24(18)13-14-8-6-7-9-16(14)21/h6-9,12,17H,3-5,10-11,13H2,1-2H3,(H,23,25)(H,26,27)/t17-/m0/s1. The van der Waals surface area contributed by atoms with E-state index in [2.05, 4.69) is 17.2 Å². The second-order valence-electron chi connectivity index (χ2n) is 6.46. The van der Waals surface area contributed by atoms with Gasteiger partial charge in [-0.1, -0.05) is 50.1 Å². The number of hydrogen-bond donors (Lipinski definition) is 2. The van der Waals surface area contributed by atoms with Crippen molar-refractivity contribution in [3.8, 4) is 0 Å². The maximum atomic E-state index is 11.7. The van der Waals surface area contributed by atoms with E-state index >= 15 is 0 Å². The third kappa shape index (κ3) is 5.82. The number of benzene rings is 1. The molecule has 0 saturated carbocycles. The maximum absolute atomic E-state index is 11.7. The first-order chi connectivity index (χ1) is 13.0. The smallest absolute Gasteiger partial charge is 0.326 e. The zero-order chi connectivity index (χ0) is 19.8. The molecule has 2 rings (SSSR count). The Kier molecular flexibility index (Phi) is 7.85. The van der Waals surface area contributed by atoms with E-state index in [9.17, 15) is 14.7 Å². The fraction of sp³-hybridized carbons (Fsp3) is 0.450. The van der Waals surface area contributed by atoms with Crippen LogP contribution in [-0.2, 0) is 29.0 Å². The average molecular weight is 392 g/mol. The van der Waals surface area contributed by atoms with Crippen molar-refractivity contribution in [3.63, 3.8) is 0 Å². The predicted octanol–water partition coefficient (Wildman–Crippen LogP) is 3.45. The maximum Gasteiger partial charge on any atom is 0.326 e. The van der Waals surface area contributed by atoms with Crippen LogP contribution >= 0.6 is 11.6 Å². The highest BCUT2D eigenvalue weighted by molar-refractivity contribution is 6.31. The van der Waals surface area contributed by atoms with Crippen LogP contribution in [0.3, 0.4) is 0 Å². The fourth-order valence-electron chi connectivity index (χ4n) is 2.85. The number of nitrogens with zero attached hydrogens (tertiary/aromatic N) is 2. The Labute approximate surface area is 164 Å². The van der Waals surface area contributed by atoms with E-state index in [4.69, 9.17) is 11.6 Å². The van der Waals surface area contributed by atoms with Gasteiger partial charge in [0.15, 0.2) is 0 Å². The summed E-state index contributed by atoms with van der Waals surface area (Å²) >= 11 is 6.31. The van der Waals surface area contributed by atoms with E-state index in [1.807, 2.05) is 28.8 Å². The molecule has 2 N–H and O–H groups in total. The number of amides is 1. The first-order valence-electron chi connectivity index (χ1n) is 9.25. The molecule has 2 aromatic rings. The van der Waals surface area contributed by atoms with Gasteiger partial charge in [-0.15, -0.1) is 0 Å². The van der Waals surface area contributed by atoms with E-state index in [0.717, 1.165) is 36.3 Å². The fourth-order valence-corrected chi connectivity index (χ4v) is 3.04. The third-order valence-corrected chi connectivity index (χ3v) is 4.80. The summed E-state index contributed by atoms with van der Waals surface area (Å²) in [6.07, 6.45) is 4.96. The Morgan fingerprint density at radius 3 is 2.67 bits per heavy atom. The van der Waals surface area contributed by atoms with Crippen LogP contribution in [0.4, 0.5) is 0 Å². The second-order valence-corrected chi connectivity index (χ2v) is 6.87. The number of rotatable bonds is 10. The predicted molar refractivity (Wildman–Crippen MR) is 105 cm³/mol. The molecule has 6 nitrogen and oxygen atoms in total. The normalized spacial score (nSPS) is 12.0. The van der Waals surface area contributed by atoms with E-state index in [1.54, 1.807) is 13.1 Å². The highest BCUT2D eigenvalue weighted by Crippen LogP contribution is 2.20. The van der Waals surface area contributed by atoms with Crippen LogP contribution in [0.1, 0.15) is 50.2 Å². The van der Waals surface area contributed by atoms with E-state index in [1.165, 1.54) is 0 Å². The molecule has 0 radical (unpaired) electrons. The number of carbonyl (C=O) groups excluding carboxylic acids is 1. The Morgan fingerprint density at radius 2 is 2.04 bits per heavy atom. The molecule has 27 heavy (non-hydrogen) atoms. The quantitative estimate of drug-likeness (QED) is 0.649. The zero-order valence-corrected chi connectivity index (χ0v) is 16.5. The van der Waals surface area contributed by atoms with Crippen molar-refractivity contribution in [2.24, 2.45) is 0 Å². The van der Waals surface area contributed by atoms with Gasteiger partial charge < -0.3 is 15.0 Å². The van der Waals surface area contributed by atoms with E-state index in [-0.39, 0.29) is 18.7 Å². The number of unbranched alkanes of at least 4 members (excludes halogenated alkanes) is 1. The molecule has 1 heterocycles. The molecule has 0 fully saturated rings. The topological polar surface area (TPSA) is 84.2 Å². The molecule has 0 saturated heterocycles. The van der Waals surface area contributed by atoms with Gasteiger partial charge in [-0.05, 0) is 18.1 Å². The van der Waals surface area contributed by atoms with Crippen molar-refractivity contribution in [2.45, 2.75) is 58.5 Å². The van der Waals surface area contributed by atoms with Crippen molar-refractivity contribution in [1.82, 2.24) is 14.9 Å². The summed E-state index contributed by atoms with van der Waals surface area (Å²) in [5, 5.41) is 12.7. The summed E-state index contributed by atoms with van der Waals surface area (Å²) in [4.78, 5) is 27.8.